The molecule has 1 unspecified atom stereocenters. The van der Waals surface area contributed by atoms with Crippen LogP contribution in [0.5, 0.6) is 11.8 Å². The van der Waals surface area contributed by atoms with E-state index in [1.807, 2.05) is 17.2 Å². The summed E-state index contributed by atoms with van der Waals surface area (Å²) in [5, 5.41) is 2.29. The minimum absolute atomic E-state index is 0.0346. The van der Waals surface area contributed by atoms with Crippen LogP contribution in [-0.2, 0) is 11.2 Å². The Morgan fingerprint density at radius 3 is 2.85 bits per heavy atom. The fourth-order valence-electron chi connectivity index (χ4n) is 4.10. The monoisotopic (exact) mass is 440 g/mol. The normalized spacial score (nSPS) is 16.4. The van der Waals surface area contributed by atoms with Crippen LogP contribution in [-0.4, -0.2) is 52.1 Å². The van der Waals surface area contributed by atoms with Gasteiger partial charge in [0.15, 0.2) is 0 Å². The maximum absolute atomic E-state index is 13.3. The summed E-state index contributed by atoms with van der Waals surface area (Å²) in [5.41, 5.74) is 1.79. The predicted molar refractivity (Wildman–Crippen MR) is 124 cm³/mol. The molecule has 3 heterocycles. The molecule has 2 aromatic carbocycles. The van der Waals surface area contributed by atoms with Crippen molar-refractivity contribution in [2.75, 3.05) is 26.3 Å². The molecule has 0 bridgehead atoms. The molecule has 166 valence electrons. The average Bonchev–Trinajstić information content (AvgIpc) is 3.10. The number of carbonyl (C=O) groups excluding carboxylic acids is 1. The van der Waals surface area contributed by atoms with Gasteiger partial charge in [0.05, 0.1) is 13.2 Å². The van der Waals surface area contributed by atoms with E-state index in [4.69, 9.17) is 9.47 Å². The van der Waals surface area contributed by atoms with Gasteiger partial charge in [-0.2, -0.15) is 0 Å². The zero-order valence-electron chi connectivity index (χ0n) is 18.1. The molecule has 0 spiro atoms. The summed E-state index contributed by atoms with van der Waals surface area (Å²) >= 11 is 0. The highest BCUT2D eigenvalue weighted by Gasteiger charge is 2.24. The van der Waals surface area contributed by atoms with Crippen molar-refractivity contribution in [2.24, 2.45) is 5.92 Å². The Morgan fingerprint density at radius 1 is 1.03 bits per heavy atom. The molecular formula is C26H24N4O3. The van der Waals surface area contributed by atoms with E-state index in [1.165, 1.54) is 10.9 Å². The van der Waals surface area contributed by atoms with Gasteiger partial charge in [0, 0.05) is 54.7 Å². The molecule has 1 amide bonds. The smallest absolute Gasteiger partial charge is 0.321 e. The second kappa shape index (κ2) is 9.75. The zero-order valence-corrected chi connectivity index (χ0v) is 18.1. The van der Waals surface area contributed by atoms with E-state index in [0.29, 0.717) is 37.6 Å². The van der Waals surface area contributed by atoms with Gasteiger partial charge in [-0.15, -0.1) is 0 Å². The van der Waals surface area contributed by atoms with Crippen molar-refractivity contribution in [2.45, 2.75) is 6.42 Å². The van der Waals surface area contributed by atoms with Crippen molar-refractivity contribution in [3.8, 4) is 11.8 Å². The van der Waals surface area contributed by atoms with Crippen LogP contribution in [0.2, 0.25) is 0 Å². The molecule has 5 rings (SSSR count). The van der Waals surface area contributed by atoms with Crippen molar-refractivity contribution >= 4 is 16.7 Å². The lowest BCUT2D eigenvalue weighted by atomic mass is 9.97. The summed E-state index contributed by atoms with van der Waals surface area (Å²) in [7, 11) is 0. The van der Waals surface area contributed by atoms with Crippen LogP contribution in [0.4, 0.5) is 0 Å². The van der Waals surface area contributed by atoms with Crippen LogP contribution in [0.25, 0.3) is 10.8 Å². The minimum Gasteiger partial charge on any atom is -0.424 e. The van der Waals surface area contributed by atoms with Gasteiger partial charge < -0.3 is 14.4 Å². The molecule has 1 fully saturated rings. The molecular weight excluding hydrogens is 416 g/mol. The number of pyridine rings is 1. The Hall–Kier alpha value is -3.84. The average molecular weight is 441 g/mol. The van der Waals surface area contributed by atoms with Crippen LogP contribution >= 0.6 is 0 Å². The Bertz CT molecular complexity index is 1250. The lowest BCUT2D eigenvalue weighted by Crippen LogP contribution is -2.36. The SMILES string of the molecule is O=C(c1cccc(Oc2ncccn2)c1)N1CCOCC(Cc2ccc3ccncc3c2)C1. The van der Waals surface area contributed by atoms with Crippen LogP contribution in [0, 0.1) is 5.92 Å². The quantitative estimate of drug-likeness (QED) is 0.464. The fourth-order valence-corrected chi connectivity index (χ4v) is 4.10. The van der Waals surface area contributed by atoms with E-state index < -0.39 is 0 Å². The maximum atomic E-state index is 13.3. The fraction of sp³-hybridized carbons (Fsp3) is 0.231. The summed E-state index contributed by atoms with van der Waals surface area (Å²) in [6.45, 7) is 2.35. The topological polar surface area (TPSA) is 77.4 Å². The maximum Gasteiger partial charge on any atom is 0.321 e. The highest BCUT2D eigenvalue weighted by Crippen LogP contribution is 2.22. The van der Waals surface area contributed by atoms with Gasteiger partial charge in [-0.25, -0.2) is 9.97 Å². The standard InChI is InChI=1S/C26H24N4O3/c31-25(22-3-1-4-24(15-22)33-26-28-8-2-9-29-26)30-11-12-32-18-20(17-30)13-19-5-6-21-7-10-27-16-23(21)14-19/h1-10,14-16,20H,11-13,17-18H2. The Kier molecular flexibility index (Phi) is 6.21. The first-order valence-electron chi connectivity index (χ1n) is 11.0. The van der Waals surface area contributed by atoms with Crippen molar-refractivity contribution in [3.63, 3.8) is 0 Å². The number of amides is 1. The van der Waals surface area contributed by atoms with Crippen LogP contribution in [0.1, 0.15) is 15.9 Å². The van der Waals surface area contributed by atoms with Crippen molar-refractivity contribution in [1.82, 2.24) is 19.9 Å². The van der Waals surface area contributed by atoms with Gasteiger partial charge in [-0.1, -0.05) is 18.2 Å². The number of aromatic nitrogens is 3. The molecule has 1 aliphatic rings. The molecule has 0 radical (unpaired) electrons. The first-order chi connectivity index (χ1) is 16.2. The second-order valence-electron chi connectivity index (χ2n) is 8.11. The third kappa shape index (κ3) is 5.15. The van der Waals surface area contributed by atoms with Gasteiger partial charge in [-0.3, -0.25) is 9.78 Å². The molecule has 2 aromatic heterocycles. The largest absolute Gasteiger partial charge is 0.424 e. The Labute approximate surface area is 192 Å². The highest BCUT2D eigenvalue weighted by atomic mass is 16.5. The number of hydrogen-bond donors (Lipinski definition) is 0. The van der Waals surface area contributed by atoms with Gasteiger partial charge in [0.25, 0.3) is 5.91 Å². The van der Waals surface area contributed by atoms with Crippen LogP contribution < -0.4 is 4.74 Å². The lowest BCUT2D eigenvalue weighted by Gasteiger charge is -2.24. The number of rotatable bonds is 5. The van der Waals surface area contributed by atoms with E-state index in [1.54, 1.807) is 48.9 Å². The molecule has 33 heavy (non-hydrogen) atoms. The van der Waals surface area contributed by atoms with Gasteiger partial charge >= 0.3 is 6.01 Å². The molecule has 1 saturated heterocycles. The Balaban J connectivity index is 1.29. The first-order valence-corrected chi connectivity index (χ1v) is 11.0. The lowest BCUT2D eigenvalue weighted by molar-refractivity contribution is 0.0737. The number of hydrogen-bond acceptors (Lipinski definition) is 6. The number of nitrogens with zero attached hydrogens (tertiary/aromatic N) is 4. The second-order valence-corrected chi connectivity index (χ2v) is 8.11. The third-order valence-electron chi connectivity index (χ3n) is 5.69. The van der Waals surface area contributed by atoms with Crippen molar-refractivity contribution in [1.29, 1.82) is 0 Å². The molecule has 7 nitrogen and oxygen atoms in total. The molecule has 7 heteroatoms. The summed E-state index contributed by atoms with van der Waals surface area (Å²) in [4.78, 5) is 27.5. The molecule has 0 saturated carbocycles. The van der Waals surface area contributed by atoms with E-state index in [-0.39, 0.29) is 17.8 Å². The van der Waals surface area contributed by atoms with Crippen LogP contribution in [0.15, 0.2) is 79.4 Å². The van der Waals surface area contributed by atoms with Crippen molar-refractivity contribution < 1.29 is 14.3 Å². The summed E-state index contributed by atoms with van der Waals surface area (Å²) in [6, 6.07) is 17.5. The first kappa shape index (κ1) is 21.0. The van der Waals surface area contributed by atoms with E-state index in [2.05, 4.69) is 33.2 Å². The van der Waals surface area contributed by atoms with Gasteiger partial charge in [-0.05, 0) is 53.8 Å². The van der Waals surface area contributed by atoms with E-state index >= 15 is 0 Å². The van der Waals surface area contributed by atoms with Crippen LogP contribution in [0.3, 0.4) is 0 Å². The number of fused-ring (bicyclic) bond motifs is 1. The number of ether oxygens (including phenoxy) is 2. The molecule has 0 aliphatic carbocycles. The van der Waals surface area contributed by atoms with Gasteiger partial charge in [0.2, 0.25) is 0 Å². The number of carbonyl (C=O) groups is 1. The Morgan fingerprint density at radius 2 is 1.94 bits per heavy atom. The molecule has 1 aliphatic heterocycles. The zero-order chi connectivity index (χ0) is 22.5. The predicted octanol–water partition coefficient (Wildman–Crippen LogP) is 4.15. The van der Waals surface area contributed by atoms with E-state index in [0.717, 1.165) is 11.8 Å². The third-order valence-corrected chi connectivity index (χ3v) is 5.69. The minimum atomic E-state index is -0.0346. The molecule has 0 N–H and O–H groups in total. The summed E-state index contributed by atoms with van der Waals surface area (Å²) in [5.74, 6) is 0.704. The van der Waals surface area contributed by atoms with Crippen molar-refractivity contribution in [3.05, 3.63) is 90.5 Å². The summed E-state index contributed by atoms with van der Waals surface area (Å²) < 4.78 is 11.5. The molecule has 4 aromatic rings. The van der Waals surface area contributed by atoms with Gasteiger partial charge in [0.1, 0.15) is 5.75 Å². The highest BCUT2D eigenvalue weighted by molar-refractivity contribution is 5.94. The number of benzene rings is 2. The molecule has 1 atom stereocenters. The van der Waals surface area contributed by atoms with E-state index in [9.17, 15) is 4.79 Å². The summed E-state index contributed by atoms with van der Waals surface area (Å²) in [6.07, 6.45) is 7.75.